The van der Waals surface area contributed by atoms with Crippen molar-refractivity contribution in [3.05, 3.63) is 24.3 Å². The van der Waals surface area contributed by atoms with Crippen molar-refractivity contribution in [1.82, 2.24) is 5.43 Å². The predicted molar refractivity (Wildman–Crippen MR) is 63.3 cm³/mol. The fourth-order valence-electron chi connectivity index (χ4n) is 1.89. The Hall–Kier alpha value is -1.55. The van der Waals surface area contributed by atoms with E-state index in [2.05, 4.69) is 35.4 Å². The molecule has 0 spiro atoms. The molecular formula is C11H16N4. The molecule has 1 atom stereocenters. The van der Waals surface area contributed by atoms with Gasteiger partial charge in [0.15, 0.2) is 0 Å². The van der Waals surface area contributed by atoms with Crippen molar-refractivity contribution in [3.63, 3.8) is 0 Å². The van der Waals surface area contributed by atoms with Crippen LogP contribution in [0.3, 0.4) is 0 Å². The molecule has 15 heavy (non-hydrogen) atoms. The topological polar surface area (TPSA) is 53.6 Å². The van der Waals surface area contributed by atoms with E-state index in [1.807, 2.05) is 18.2 Å². The normalized spacial score (nSPS) is 20.3. The number of benzene rings is 1. The zero-order valence-electron chi connectivity index (χ0n) is 9.07. The Balaban J connectivity index is 2.48. The minimum atomic E-state index is 0.312. The first-order valence-corrected chi connectivity index (χ1v) is 5.07. The summed E-state index contributed by atoms with van der Waals surface area (Å²) in [5.74, 6) is 6.62. The Morgan fingerprint density at radius 3 is 2.93 bits per heavy atom. The van der Waals surface area contributed by atoms with Crippen LogP contribution in [0.1, 0.15) is 6.92 Å². The molecule has 1 aromatic carbocycles. The van der Waals surface area contributed by atoms with E-state index in [1.165, 1.54) is 0 Å². The molecule has 0 fully saturated rings. The standard InChI is InChI=1S/C11H16N4/c1-8-7-15(2)10-6-4-3-5-9(10)13-11(8)14-12/h3-6,8H,7,12H2,1-2H3,(H,13,14). The first-order valence-electron chi connectivity index (χ1n) is 5.07. The molecule has 0 saturated carbocycles. The maximum absolute atomic E-state index is 5.47. The average molecular weight is 204 g/mol. The van der Waals surface area contributed by atoms with E-state index in [0.717, 1.165) is 23.8 Å². The van der Waals surface area contributed by atoms with Gasteiger partial charge >= 0.3 is 0 Å². The van der Waals surface area contributed by atoms with Crippen molar-refractivity contribution in [2.45, 2.75) is 6.92 Å². The highest BCUT2D eigenvalue weighted by Gasteiger charge is 2.18. The number of nitrogens with one attached hydrogen (secondary N) is 1. The number of amidine groups is 1. The highest BCUT2D eigenvalue weighted by molar-refractivity contribution is 5.90. The maximum Gasteiger partial charge on any atom is 0.121 e. The van der Waals surface area contributed by atoms with Crippen molar-refractivity contribution >= 4 is 17.2 Å². The zero-order valence-corrected chi connectivity index (χ0v) is 9.07. The largest absolute Gasteiger partial charge is 0.372 e. The van der Waals surface area contributed by atoms with Crippen LogP contribution < -0.4 is 16.2 Å². The first kappa shape index (κ1) is 9.98. The molecule has 1 heterocycles. The van der Waals surface area contributed by atoms with Crippen molar-refractivity contribution in [3.8, 4) is 0 Å². The van der Waals surface area contributed by atoms with Crippen molar-refractivity contribution < 1.29 is 0 Å². The molecule has 0 bridgehead atoms. The Morgan fingerprint density at radius 1 is 1.47 bits per heavy atom. The van der Waals surface area contributed by atoms with Crippen LogP contribution in [-0.4, -0.2) is 19.4 Å². The van der Waals surface area contributed by atoms with Gasteiger partial charge in [0, 0.05) is 19.5 Å². The average Bonchev–Trinajstić information content (AvgIpc) is 2.36. The molecule has 0 aliphatic carbocycles. The highest BCUT2D eigenvalue weighted by atomic mass is 15.3. The SMILES string of the molecule is CC1CN(C)c2ccccc2N=C1NN. The van der Waals surface area contributed by atoms with Gasteiger partial charge in [0.2, 0.25) is 0 Å². The van der Waals surface area contributed by atoms with E-state index in [0.29, 0.717) is 5.92 Å². The van der Waals surface area contributed by atoms with Gasteiger partial charge in [0.25, 0.3) is 0 Å². The zero-order chi connectivity index (χ0) is 10.8. The van der Waals surface area contributed by atoms with Gasteiger partial charge in [-0.2, -0.15) is 0 Å². The third-order valence-corrected chi connectivity index (χ3v) is 2.70. The molecule has 1 aromatic rings. The van der Waals surface area contributed by atoms with Crippen molar-refractivity contribution in [2.75, 3.05) is 18.5 Å². The number of rotatable bonds is 0. The van der Waals surface area contributed by atoms with Crippen molar-refractivity contribution in [2.24, 2.45) is 16.8 Å². The third kappa shape index (κ3) is 1.80. The first-order chi connectivity index (χ1) is 7.22. The quantitative estimate of drug-likeness (QED) is 0.494. The van der Waals surface area contributed by atoms with Crippen LogP contribution in [0.4, 0.5) is 11.4 Å². The number of hydrogen-bond donors (Lipinski definition) is 2. The van der Waals surface area contributed by atoms with Crippen LogP contribution in [0.2, 0.25) is 0 Å². The summed E-state index contributed by atoms with van der Waals surface area (Å²) in [4.78, 5) is 6.73. The van der Waals surface area contributed by atoms with E-state index >= 15 is 0 Å². The smallest absolute Gasteiger partial charge is 0.121 e. The molecule has 3 N–H and O–H groups in total. The van der Waals surface area contributed by atoms with Gasteiger partial charge in [-0.05, 0) is 12.1 Å². The molecular weight excluding hydrogens is 188 g/mol. The monoisotopic (exact) mass is 204 g/mol. The van der Waals surface area contributed by atoms with Gasteiger partial charge < -0.3 is 10.3 Å². The second-order valence-corrected chi connectivity index (χ2v) is 3.91. The van der Waals surface area contributed by atoms with Crippen LogP contribution in [0.25, 0.3) is 0 Å². The van der Waals surface area contributed by atoms with Gasteiger partial charge in [-0.1, -0.05) is 19.1 Å². The molecule has 1 unspecified atom stereocenters. The summed E-state index contributed by atoms with van der Waals surface area (Å²) in [5.41, 5.74) is 4.80. The van der Waals surface area contributed by atoms with Crippen LogP contribution in [0, 0.1) is 5.92 Å². The fourth-order valence-corrected chi connectivity index (χ4v) is 1.89. The highest BCUT2D eigenvalue weighted by Crippen LogP contribution is 2.30. The minimum absolute atomic E-state index is 0.312. The van der Waals surface area contributed by atoms with Crippen molar-refractivity contribution in [1.29, 1.82) is 0 Å². The molecule has 4 heteroatoms. The van der Waals surface area contributed by atoms with E-state index in [9.17, 15) is 0 Å². The molecule has 0 aromatic heterocycles. The summed E-state index contributed by atoms with van der Waals surface area (Å²) < 4.78 is 0. The molecule has 2 rings (SSSR count). The lowest BCUT2D eigenvalue weighted by atomic mass is 10.1. The van der Waals surface area contributed by atoms with Crippen LogP contribution >= 0.6 is 0 Å². The third-order valence-electron chi connectivity index (χ3n) is 2.70. The van der Waals surface area contributed by atoms with Gasteiger partial charge in [0.1, 0.15) is 5.84 Å². The molecule has 80 valence electrons. The lowest BCUT2D eigenvalue weighted by Gasteiger charge is -2.21. The van der Waals surface area contributed by atoms with Gasteiger partial charge in [-0.3, -0.25) is 0 Å². The van der Waals surface area contributed by atoms with Gasteiger partial charge in [-0.15, -0.1) is 0 Å². The number of aliphatic imine (C=N–C) groups is 1. The van der Waals surface area contributed by atoms with E-state index < -0.39 is 0 Å². The number of hydrazine groups is 1. The van der Waals surface area contributed by atoms with Crippen LogP contribution in [-0.2, 0) is 0 Å². The number of fused-ring (bicyclic) bond motifs is 1. The Kier molecular flexibility index (Phi) is 2.60. The second-order valence-electron chi connectivity index (χ2n) is 3.91. The molecule has 0 amide bonds. The van der Waals surface area contributed by atoms with E-state index in [-0.39, 0.29) is 0 Å². The number of para-hydroxylation sites is 2. The Morgan fingerprint density at radius 2 is 2.20 bits per heavy atom. The number of nitrogens with two attached hydrogens (primary N) is 1. The lowest BCUT2D eigenvalue weighted by molar-refractivity contribution is 0.718. The maximum atomic E-state index is 5.47. The lowest BCUT2D eigenvalue weighted by Crippen LogP contribution is -2.38. The van der Waals surface area contributed by atoms with E-state index in [1.54, 1.807) is 0 Å². The Labute approximate surface area is 89.8 Å². The second kappa shape index (κ2) is 3.90. The van der Waals surface area contributed by atoms with Gasteiger partial charge in [0.05, 0.1) is 11.4 Å². The molecule has 4 nitrogen and oxygen atoms in total. The minimum Gasteiger partial charge on any atom is -0.372 e. The molecule has 0 saturated heterocycles. The summed E-state index contributed by atoms with van der Waals surface area (Å²) in [6.45, 7) is 3.03. The number of hydrogen-bond acceptors (Lipinski definition) is 4. The van der Waals surface area contributed by atoms with E-state index in [4.69, 9.17) is 5.84 Å². The summed E-state index contributed by atoms with van der Waals surface area (Å²) in [7, 11) is 2.07. The summed E-state index contributed by atoms with van der Waals surface area (Å²) in [6.07, 6.45) is 0. The summed E-state index contributed by atoms with van der Waals surface area (Å²) in [5, 5.41) is 0. The number of nitrogens with zero attached hydrogens (tertiary/aromatic N) is 2. The molecule has 1 aliphatic rings. The van der Waals surface area contributed by atoms with Crippen LogP contribution in [0.15, 0.2) is 29.3 Å². The van der Waals surface area contributed by atoms with Gasteiger partial charge in [-0.25, -0.2) is 10.8 Å². The van der Waals surface area contributed by atoms with Crippen LogP contribution in [0.5, 0.6) is 0 Å². The number of anilines is 1. The summed E-state index contributed by atoms with van der Waals surface area (Å²) in [6, 6.07) is 8.09. The molecule has 1 aliphatic heterocycles. The fraction of sp³-hybridized carbons (Fsp3) is 0.364. The summed E-state index contributed by atoms with van der Waals surface area (Å²) >= 11 is 0. The predicted octanol–water partition coefficient (Wildman–Crippen LogP) is 1.27. The molecule has 0 radical (unpaired) electrons. The Bertz CT molecular complexity index is 386.